The lowest BCUT2D eigenvalue weighted by Crippen LogP contribution is -2.41. The number of rotatable bonds is 4. The molecule has 0 unspecified atom stereocenters. The number of carboxylic acids is 1. The lowest BCUT2D eigenvalue weighted by atomic mass is 10.2. The Hall–Kier alpha value is -1.49. The van der Waals surface area contributed by atoms with Gasteiger partial charge in [0.1, 0.15) is 6.04 Å². The standard InChI is InChI=1S/C13H15NO3S/c15-12(9-18-10-5-2-1-3-6-10)14-8-4-7-11(14)13(16)17/h1-3,5-6,11H,4,7-9H2,(H,16,17)/t11-/m1/s1. The van der Waals surface area contributed by atoms with E-state index in [1.54, 1.807) is 0 Å². The molecule has 1 amide bonds. The fourth-order valence-electron chi connectivity index (χ4n) is 2.07. The van der Waals surface area contributed by atoms with E-state index < -0.39 is 12.0 Å². The van der Waals surface area contributed by atoms with E-state index in [0.29, 0.717) is 18.7 Å². The zero-order valence-corrected chi connectivity index (χ0v) is 10.7. The Morgan fingerprint density at radius 3 is 2.72 bits per heavy atom. The van der Waals surface area contributed by atoms with Crippen LogP contribution in [0.4, 0.5) is 0 Å². The molecule has 0 saturated carbocycles. The maximum atomic E-state index is 12.0. The molecule has 0 aliphatic carbocycles. The van der Waals surface area contributed by atoms with Crippen LogP contribution in [0.15, 0.2) is 35.2 Å². The molecule has 1 saturated heterocycles. The van der Waals surface area contributed by atoms with Crippen LogP contribution in [0.2, 0.25) is 0 Å². The third-order valence-electron chi connectivity index (χ3n) is 2.96. The van der Waals surface area contributed by atoms with Gasteiger partial charge in [0, 0.05) is 11.4 Å². The van der Waals surface area contributed by atoms with Gasteiger partial charge in [0.15, 0.2) is 0 Å². The topological polar surface area (TPSA) is 57.6 Å². The highest BCUT2D eigenvalue weighted by atomic mass is 32.2. The molecule has 1 fully saturated rings. The van der Waals surface area contributed by atoms with E-state index in [-0.39, 0.29) is 5.91 Å². The Morgan fingerprint density at radius 2 is 2.06 bits per heavy atom. The number of nitrogens with zero attached hydrogens (tertiary/aromatic N) is 1. The molecule has 0 spiro atoms. The summed E-state index contributed by atoms with van der Waals surface area (Å²) in [5.41, 5.74) is 0. The van der Waals surface area contributed by atoms with Gasteiger partial charge in [-0.2, -0.15) is 0 Å². The Kier molecular flexibility index (Phi) is 4.25. The molecule has 0 radical (unpaired) electrons. The van der Waals surface area contributed by atoms with Crippen LogP contribution in [0, 0.1) is 0 Å². The van der Waals surface area contributed by atoms with Gasteiger partial charge < -0.3 is 10.0 Å². The second kappa shape index (κ2) is 5.91. The zero-order valence-electron chi connectivity index (χ0n) is 9.91. The molecule has 5 heteroatoms. The van der Waals surface area contributed by atoms with Gasteiger partial charge in [0.25, 0.3) is 0 Å². The van der Waals surface area contributed by atoms with Crippen molar-refractivity contribution in [3.8, 4) is 0 Å². The average molecular weight is 265 g/mol. The van der Waals surface area contributed by atoms with Gasteiger partial charge in [-0.15, -0.1) is 11.8 Å². The molecule has 1 aromatic rings. The molecule has 96 valence electrons. The minimum Gasteiger partial charge on any atom is -0.480 e. The molecule has 1 aliphatic heterocycles. The fraction of sp³-hybridized carbons (Fsp3) is 0.385. The number of likely N-dealkylation sites (tertiary alicyclic amines) is 1. The summed E-state index contributed by atoms with van der Waals surface area (Å²) in [6, 6.07) is 9.01. The molecule has 0 aromatic heterocycles. The van der Waals surface area contributed by atoms with Crippen molar-refractivity contribution in [2.24, 2.45) is 0 Å². The number of amides is 1. The Balaban J connectivity index is 1.90. The van der Waals surface area contributed by atoms with Gasteiger partial charge in [-0.1, -0.05) is 18.2 Å². The summed E-state index contributed by atoms with van der Waals surface area (Å²) in [5.74, 6) is -0.687. The number of hydrogen-bond acceptors (Lipinski definition) is 3. The van der Waals surface area contributed by atoms with Gasteiger partial charge in [-0.25, -0.2) is 4.79 Å². The molecule has 2 rings (SSSR count). The van der Waals surface area contributed by atoms with E-state index in [1.165, 1.54) is 16.7 Å². The molecule has 0 bridgehead atoms. The van der Waals surface area contributed by atoms with Crippen LogP contribution in [-0.4, -0.2) is 40.2 Å². The third-order valence-corrected chi connectivity index (χ3v) is 3.96. The lowest BCUT2D eigenvalue weighted by molar-refractivity contribution is -0.147. The second-order valence-corrected chi connectivity index (χ2v) is 5.23. The monoisotopic (exact) mass is 265 g/mol. The first-order valence-corrected chi connectivity index (χ1v) is 6.87. The number of carbonyl (C=O) groups excluding carboxylic acids is 1. The number of hydrogen-bond donors (Lipinski definition) is 1. The van der Waals surface area contributed by atoms with E-state index in [9.17, 15) is 9.59 Å². The van der Waals surface area contributed by atoms with Gasteiger partial charge >= 0.3 is 5.97 Å². The Labute approximate surface area is 110 Å². The van der Waals surface area contributed by atoms with Gasteiger partial charge in [-0.05, 0) is 25.0 Å². The van der Waals surface area contributed by atoms with E-state index in [2.05, 4.69) is 0 Å². The van der Waals surface area contributed by atoms with Crippen LogP contribution >= 0.6 is 11.8 Å². The van der Waals surface area contributed by atoms with Crippen molar-refractivity contribution in [1.29, 1.82) is 0 Å². The lowest BCUT2D eigenvalue weighted by Gasteiger charge is -2.21. The van der Waals surface area contributed by atoms with Gasteiger partial charge in [0.05, 0.1) is 5.75 Å². The molecule has 1 aliphatic rings. The maximum Gasteiger partial charge on any atom is 0.326 e. The first-order valence-electron chi connectivity index (χ1n) is 5.88. The molecule has 1 atom stereocenters. The highest BCUT2D eigenvalue weighted by Crippen LogP contribution is 2.22. The Bertz CT molecular complexity index is 435. The first kappa shape index (κ1) is 13.0. The highest BCUT2D eigenvalue weighted by molar-refractivity contribution is 8.00. The minimum atomic E-state index is -0.898. The molecule has 1 heterocycles. The van der Waals surface area contributed by atoms with Crippen LogP contribution in [0.1, 0.15) is 12.8 Å². The summed E-state index contributed by atoms with van der Waals surface area (Å²) in [5, 5.41) is 9.02. The van der Waals surface area contributed by atoms with E-state index in [0.717, 1.165) is 11.3 Å². The van der Waals surface area contributed by atoms with Gasteiger partial charge in [-0.3, -0.25) is 4.79 Å². The van der Waals surface area contributed by atoms with Crippen molar-refractivity contribution in [2.45, 2.75) is 23.8 Å². The summed E-state index contributed by atoms with van der Waals surface area (Å²) < 4.78 is 0. The molecule has 18 heavy (non-hydrogen) atoms. The summed E-state index contributed by atoms with van der Waals surface area (Å²) in [4.78, 5) is 25.5. The average Bonchev–Trinajstić information content (AvgIpc) is 2.86. The van der Waals surface area contributed by atoms with Crippen LogP contribution < -0.4 is 0 Å². The molecular weight excluding hydrogens is 250 g/mol. The third kappa shape index (κ3) is 3.04. The minimum absolute atomic E-state index is 0.0891. The van der Waals surface area contributed by atoms with E-state index in [1.807, 2.05) is 30.3 Å². The maximum absolute atomic E-state index is 12.0. The normalized spacial score (nSPS) is 18.9. The van der Waals surface area contributed by atoms with Crippen molar-refractivity contribution in [1.82, 2.24) is 4.90 Å². The van der Waals surface area contributed by atoms with Crippen molar-refractivity contribution in [3.63, 3.8) is 0 Å². The molecule has 1 aromatic carbocycles. The van der Waals surface area contributed by atoms with Crippen LogP contribution in [-0.2, 0) is 9.59 Å². The largest absolute Gasteiger partial charge is 0.480 e. The summed E-state index contributed by atoms with van der Waals surface area (Å²) >= 11 is 1.44. The van der Waals surface area contributed by atoms with Crippen molar-refractivity contribution >= 4 is 23.6 Å². The second-order valence-electron chi connectivity index (χ2n) is 4.19. The Morgan fingerprint density at radius 1 is 1.33 bits per heavy atom. The number of thioether (sulfide) groups is 1. The van der Waals surface area contributed by atoms with Crippen LogP contribution in [0.25, 0.3) is 0 Å². The summed E-state index contributed by atoms with van der Waals surface area (Å²) in [6.07, 6.45) is 1.34. The number of carboxylic acid groups (broad SMARTS) is 1. The first-order chi connectivity index (χ1) is 8.68. The van der Waals surface area contributed by atoms with E-state index >= 15 is 0 Å². The van der Waals surface area contributed by atoms with Gasteiger partial charge in [0.2, 0.25) is 5.91 Å². The SMILES string of the molecule is O=C(O)[C@H]1CCCN1C(=O)CSc1ccccc1. The zero-order chi connectivity index (χ0) is 13.0. The highest BCUT2D eigenvalue weighted by Gasteiger charge is 2.33. The summed E-state index contributed by atoms with van der Waals surface area (Å²) in [6.45, 7) is 0.561. The van der Waals surface area contributed by atoms with Crippen LogP contribution in [0.3, 0.4) is 0 Å². The summed E-state index contributed by atoms with van der Waals surface area (Å²) in [7, 11) is 0. The van der Waals surface area contributed by atoms with Crippen molar-refractivity contribution in [3.05, 3.63) is 30.3 Å². The predicted molar refractivity (Wildman–Crippen MR) is 69.5 cm³/mol. The number of benzene rings is 1. The van der Waals surface area contributed by atoms with Crippen LogP contribution in [0.5, 0.6) is 0 Å². The fourth-order valence-corrected chi connectivity index (χ4v) is 2.87. The number of carbonyl (C=O) groups is 2. The quantitative estimate of drug-likeness (QED) is 0.844. The molecule has 4 nitrogen and oxygen atoms in total. The predicted octanol–water partition coefficient (Wildman–Crippen LogP) is 1.85. The van der Waals surface area contributed by atoms with E-state index in [4.69, 9.17) is 5.11 Å². The molecule has 1 N–H and O–H groups in total. The smallest absolute Gasteiger partial charge is 0.326 e. The number of aliphatic carboxylic acids is 1. The van der Waals surface area contributed by atoms with Crippen molar-refractivity contribution < 1.29 is 14.7 Å². The molecular formula is C13H15NO3S. The van der Waals surface area contributed by atoms with Crippen molar-refractivity contribution in [2.75, 3.05) is 12.3 Å².